The van der Waals surface area contributed by atoms with Crippen molar-refractivity contribution < 1.29 is 5.11 Å². The number of hydrogen-bond donors (Lipinski definition) is 1. The average Bonchev–Trinajstić information content (AvgIpc) is 2.85. The van der Waals surface area contributed by atoms with E-state index in [0.29, 0.717) is 0 Å². The summed E-state index contributed by atoms with van der Waals surface area (Å²) >= 11 is 3.54. The Kier molecular flexibility index (Phi) is 5.89. The van der Waals surface area contributed by atoms with Gasteiger partial charge in [0.05, 0.1) is 6.61 Å². The topological polar surface area (TPSA) is 20.2 Å². The van der Waals surface area contributed by atoms with Crippen LogP contribution in [0.4, 0.5) is 0 Å². The van der Waals surface area contributed by atoms with E-state index < -0.39 is 0 Å². The fraction of sp³-hybridized carbons (Fsp3) is 0.0667. The molecular weight excluding hydrogens is 456 g/mol. The molecule has 0 saturated carbocycles. The van der Waals surface area contributed by atoms with Crippen molar-refractivity contribution in [1.82, 2.24) is 0 Å². The molecule has 0 heterocycles. The highest BCUT2D eigenvalue weighted by molar-refractivity contribution is 9.08. The fourth-order valence-corrected chi connectivity index (χ4v) is 4.81. The van der Waals surface area contributed by atoms with Crippen LogP contribution in [0.15, 0.2) is 109 Å². The maximum Gasteiger partial charge on any atom is 0.0687 e. The van der Waals surface area contributed by atoms with Crippen molar-refractivity contribution in [3.63, 3.8) is 0 Å². The van der Waals surface area contributed by atoms with Gasteiger partial charge in [-0.15, -0.1) is 0 Å². The van der Waals surface area contributed by atoms with E-state index in [2.05, 4.69) is 101 Å². The summed E-state index contributed by atoms with van der Waals surface area (Å²) in [6, 6.07) is 38.2. The van der Waals surface area contributed by atoms with E-state index in [0.717, 1.165) is 16.3 Å². The molecule has 0 aliphatic carbocycles. The molecule has 32 heavy (non-hydrogen) atoms. The summed E-state index contributed by atoms with van der Waals surface area (Å²) in [5.74, 6) is 0. The Hall–Kier alpha value is -3.20. The van der Waals surface area contributed by atoms with E-state index in [1.54, 1.807) is 0 Å². The first kappa shape index (κ1) is 20.7. The highest BCUT2D eigenvalue weighted by Crippen LogP contribution is 2.27. The van der Waals surface area contributed by atoms with Gasteiger partial charge in [0.15, 0.2) is 0 Å². The molecule has 0 radical (unpaired) electrons. The number of hydrogen-bond acceptors (Lipinski definition) is 1. The van der Waals surface area contributed by atoms with Gasteiger partial charge in [0.25, 0.3) is 0 Å². The number of halogens is 1. The second-order valence-electron chi connectivity index (χ2n) is 7.97. The van der Waals surface area contributed by atoms with Crippen molar-refractivity contribution in [2.24, 2.45) is 0 Å². The Morgan fingerprint density at radius 2 is 0.875 bits per heavy atom. The predicted octanol–water partition coefficient (Wildman–Crippen LogP) is 8.37. The van der Waals surface area contributed by atoms with Crippen LogP contribution in [0.25, 0.3) is 43.1 Å². The van der Waals surface area contributed by atoms with Crippen LogP contribution in [-0.4, -0.2) is 5.11 Å². The summed E-state index contributed by atoms with van der Waals surface area (Å²) in [5, 5.41) is 20.3. The van der Waals surface area contributed by atoms with Gasteiger partial charge in [-0.25, -0.2) is 0 Å². The number of benzene rings is 6. The van der Waals surface area contributed by atoms with Crippen molar-refractivity contribution in [3.05, 3.63) is 120 Å². The minimum absolute atomic E-state index is 0.0929. The third kappa shape index (κ3) is 4.00. The van der Waals surface area contributed by atoms with Crippen molar-refractivity contribution in [2.45, 2.75) is 11.9 Å². The maximum absolute atomic E-state index is 9.31. The van der Waals surface area contributed by atoms with Gasteiger partial charge < -0.3 is 5.11 Å². The summed E-state index contributed by atoms with van der Waals surface area (Å²) in [6.07, 6.45) is 0. The minimum Gasteiger partial charge on any atom is -0.392 e. The Bertz CT molecular complexity index is 1430. The lowest BCUT2D eigenvalue weighted by atomic mass is 10.0. The molecule has 0 aliphatic heterocycles. The first-order valence-electron chi connectivity index (χ1n) is 10.7. The maximum atomic E-state index is 9.31. The molecule has 0 bridgehead atoms. The van der Waals surface area contributed by atoms with E-state index in [1.165, 1.54) is 43.3 Å². The van der Waals surface area contributed by atoms with E-state index in [9.17, 15) is 5.11 Å². The zero-order valence-corrected chi connectivity index (χ0v) is 19.2. The standard InChI is InChI=1S/C15H11Br.C15H12O/c2*16-10-14-7-3-6-13-8-11-4-1-2-5-12(11)9-15(13)14/h1-9H,10H2;1-9,16H,10H2. The SMILES string of the molecule is BrCc1cccc2cc3ccccc3cc12.OCc1cccc2cc3ccccc3cc12. The van der Waals surface area contributed by atoms with Crippen LogP contribution in [0.1, 0.15) is 11.1 Å². The largest absolute Gasteiger partial charge is 0.392 e. The Morgan fingerprint density at radius 3 is 1.34 bits per heavy atom. The van der Waals surface area contributed by atoms with Crippen LogP contribution in [0, 0.1) is 0 Å². The van der Waals surface area contributed by atoms with E-state index in [-0.39, 0.29) is 6.61 Å². The molecule has 1 N–H and O–H groups in total. The van der Waals surface area contributed by atoms with Crippen molar-refractivity contribution in [1.29, 1.82) is 0 Å². The summed E-state index contributed by atoms with van der Waals surface area (Å²) in [4.78, 5) is 0. The number of aliphatic hydroxyl groups is 1. The molecule has 6 aromatic carbocycles. The van der Waals surface area contributed by atoms with E-state index in [4.69, 9.17) is 0 Å². The molecule has 1 nitrogen and oxygen atoms in total. The van der Waals surface area contributed by atoms with Gasteiger partial charge in [-0.05, 0) is 78.5 Å². The number of aliphatic hydroxyl groups excluding tert-OH is 1. The lowest BCUT2D eigenvalue weighted by molar-refractivity contribution is 0.283. The van der Waals surface area contributed by atoms with Gasteiger partial charge in [-0.3, -0.25) is 0 Å². The second kappa shape index (κ2) is 9.12. The summed E-state index contributed by atoms with van der Waals surface area (Å²) in [5.41, 5.74) is 2.34. The van der Waals surface area contributed by atoms with Crippen molar-refractivity contribution in [3.8, 4) is 0 Å². The molecule has 0 saturated heterocycles. The van der Waals surface area contributed by atoms with Gasteiger partial charge in [-0.2, -0.15) is 0 Å². The zero-order chi connectivity index (χ0) is 21.9. The lowest BCUT2D eigenvalue weighted by Crippen LogP contribution is -1.85. The Balaban J connectivity index is 0.000000135. The van der Waals surface area contributed by atoms with Crippen LogP contribution in [-0.2, 0) is 11.9 Å². The third-order valence-electron chi connectivity index (χ3n) is 5.99. The molecule has 2 heteroatoms. The summed E-state index contributed by atoms with van der Waals surface area (Å²) in [6.45, 7) is 0.0929. The number of alkyl halides is 1. The third-order valence-corrected chi connectivity index (χ3v) is 6.59. The highest BCUT2D eigenvalue weighted by atomic mass is 79.9. The normalized spacial score (nSPS) is 11.1. The average molecular weight is 479 g/mol. The van der Waals surface area contributed by atoms with Gasteiger partial charge >= 0.3 is 0 Å². The molecule has 0 atom stereocenters. The van der Waals surface area contributed by atoms with Crippen molar-refractivity contribution in [2.75, 3.05) is 0 Å². The highest BCUT2D eigenvalue weighted by Gasteiger charge is 2.02. The number of fused-ring (bicyclic) bond motifs is 4. The summed E-state index contributed by atoms with van der Waals surface area (Å²) in [7, 11) is 0. The minimum atomic E-state index is 0.0929. The second-order valence-corrected chi connectivity index (χ2v) is 8.53. The molecular formula is C30H23BrO. The first-order chi connectivity index (χ1) is 15.8. The summed E-state index contributed by atoms with van der Waals surface area (Å²) < 4.78 is 0. The predicted molar refractivity (Wildman–Crippen MR) is 141 cm³/mol. The van der Waals surface area contributed by atoms with Gasteiger partial charge in [0.1, 0.15) is 0 Å². The number of rotatable bonds is 2. The van der Waals surface area contributed by atoms with Gasteiger partial charge in [0.2, 0.25) is 0 Å². The molecule has 0 amide bonds. The molecule has 6 aromatic rings. The van der Waals surface area contributed by atoms with Crippen LogP contribution >= 0.6 is 15.9 Å². The van der Waals surface area contributed by atoms with E-state index >= 15 is 0 Å². The molecule has 156 valence electrons. The molecule has 6 rings (SSSR count). The molecule has 0 aliphatic rings. The quantitative estimate of drug-likeness (QED) is 0.195. The fourth-order valence-electron chi connectivity index (χ4n) is 4.32. The van der Waals surface area contributed by atoms with Crippen molar-refractivity contribution >= 4 is 59.0 Å². The molecule has 0 fully saturated rings. The molecule has 0 unspecified atom stereocenters. The molecule has 0 spiro atoms. The van der Waals surface area contributed by atoms with Gasteiger partial charge in [0, 0.05) is 5.33 Å². The van der Waals surface area contributed by atoms with Crippen LogP contribution in [0.5, 0.6) is 0 Å². The first-order valence-corrected chi connectivity index (χ1v) is 11.9. The van der Waals surface area contributed by atoms with Crippen LogP contribution < -0.4 is 0 Å². The molecule has 0 aromatic heterocycles. The van der Waals surface area contributed by atoms with Gasteiger partial charge in [-0.1, -0.05) is 101 Å². The van der Waals surface area contributed by atoms with Crippen LogP contribution in [0.3, 0.4) is 0 Å². The van der Waals surface area contributed by atoms with E-state index in [1.807, 2.05) is 24.3 Å². The Morgan fingerprint density at radius 1 is 0.469 bits per heavy atom. The Labute approximate surface area is 196 Å². The smallest absolute Gasteiger partial charge is 0.0687 e. The zero-order valence-electron chi connectivity index (χ0n) is 17.6. The van der Waals surface area contributed by atoms with Crippen LogP contribution in [0.2, 0.25) is 0 Å². The monoisotopic (exact) mass is 478 g/mol. The lowest BCUT2D eigenvalue weighted by Gasteiger charge is -2.05.